The third kappa shape index (κ3) is 17.6. The van der Waals surface area contributed by atoms with E-state index in [-0.39, 0.29) is 0 Å². The summed E-state index contributed by atoms with van der Waals surface area (Å²) in [5, 5.41) is 0. The van der Waals surface area contributed by atoms with Crippen molar-refractivity contribution in [3.8, 4) is 0 Å². The second-order valence-corrected chi connectivity index (χ2v) is 2.29. The van der Waals surface area contributed by atoms with E-state index in [1.54, 1.807) is 6.08 Å². The summed E-state index contributed by atoms with van der Waals surface area (Å²) in [4.78, 5) is 0. The number of allylic oxidation sites excluding steroid dienone is 3. The van der Waals surface area contributed by atoms with E-state index in [0.29, 0.717) is 0 Å². The molecule has 0 heteroatoms. The SMILES string of the molecule is C=CC(=C)CC.C=CCCC. The van der Waals surface area contributed by atoms with Gasteiger partial charge in [0.25, 0.3) is 0 Å². The van der Waals surface area contributed by atoms with Crippen molar-refractivity contribution in [3.05, 3.63) is 37.5 Å². The molecule has 0 aromatic heterocycles. The monoisotopic (exact) mass is 152 g/mol. The van der Waals surface area contributed by atoms with Crippen molar-refractivity contribution in [1.82, 2.24) is 0 Å². The summed E-state index contributed by atoms with van der Waals surface area (Å²) in [6.07, 6.45) is 7.10. The summed E-state index contributed by atoms with van der Waals surface area (Å²) in [5.74, 6) is 0. The maximum absolute atomic E-state index is 3.67. The largest absolute Gasteiger partial charge is 0.103 e. The first-order valence-electron chi connectivity index (χ1n) is 4.13. The molecule has 64 valence electrons. The highest BCUT2D eigenvalue weighted by molar-refractivity contribution is 5.09. The topological polar surface area (TPSA) is 0 Å². The van der Waals surface area contributed by atoms with E-state index in [0.717, 1.165) is 18.4 Å². The quantitative estimate of drug-likeness (QED) is 0.420. The Morgan fingerprint density at radius 3 is 1.82 bits per heavy atom. The maximum atomic E-state index is 3.67. The van der Waals surface area contributed by atoms with Crippen LogP contribution < -0.4 is 0 Å². The van der Waals surface area contributed by atoms with Gasteiger partial charge in [-0.1, -0.05) is 51.2 Å². The van der Waals surface area contributed by atoms with Crippen LogP contribution in [0.5, 0.6) is 0 Å². The van der Waals surface area contributed by atoms with Gasteiger partial charge in [0.1, 0.15) is 0 Å². The lowest BCUT2D eigenvalue weighted by Crippen LogP contribution is -1.62. The molecule has 0 heterocycles. The Kier molecular flexibility index (Phi) is 14.0. The lowest BCUT2D eigenvalue weighted by molar-refractivity contribution is 0.961. The Balaban J connectivity index is 0. The van der Waals surface area contributed by atoms with Crippen LogP contribution in [0, 0.1) is 0 Å². The van der Waals surface area contributed by atoms with Crippen molar-refractivity contribution in [2.75, 3.05) is 0 Å². The van der Waals surface area contributed by atoms with E-state index in [9.17, 15) is 0 Å². The van der Waals surface area contributed by atoms with Crippen LogP contribution in [0.3, 0.4) is 0 Å². The maximum Gasteiger partial charge on any atom is -0.0314 e. The highest BCUT2D eigenvalue weighted by Crippen LogP contribution is 1.93. The van der Waals surface area contributed by atoms with Crippen molar-refractivity contribution in [1.29, 1.82) is 0 Å². The van der Waals surface area contributed by atoms with E-state index >= 15 is 0 Å². The fourth-order valence-corrected chi connectivity index (χ4v) is 0.348. The summed E-state index contributed by atoms with van der Waals surface area (Å²) in [6, 6.07) is 0. The van der Waals surface area contributed by atoms with Crippen LogP contribution in [0.25, 0.3) is 0 Å². The third-order valence-electron chi connectivity index (χ3n) is 1.24. The van der Waals surface area contributed by atoms with Crippen molar-refractivity contribution >= 4 is 0 Å². The molecular formula is C11H20. The zero-order chi connectivity index (χ0) is 9.11. The summed E-state index contributed by atoms with van der Waals surface area (Å²) in [7, 11) is 0. The molecule has 0 aliphatic rings. The second-order valence-electron chi connectivity index (χ2n) is 2.29. The zero-order valence-corrected chi connectivity index (χ0v) is 7.90. The van der Waals surface area contributed by atoms with Crippen molar-refractivity contribution < 1.29 is 0 Å². The molecule has 0 unspecified atom stereocenters. The fourth-order valence-electron chi connectivity index (χ4n) is 0.348. The molecule has 0 aliphatic heterocycles. The Morgan fingerprint density at radius 1 is 1.27 bits per heavy atom. The fraction of sp³-hybridized carbons (Fsp3) is 0.455. The standard InChI is InChI=1S/C6H10.C5H10/c1-4-6(3)5-2;1-3-5-4-2/h4H,1,3,5H2,2H3;3H,1,4-5H2,2H3. The smallest absolute Gasteiger partial charge is 0.0314 e. The zero-order valence-electron chi connectivity index (χ0n) is 7.90. The molecule has 0 fully saturated rings. The average molecular weight is 152 g/mol. The van der Waals surface area contributed by atoms with Crippen LogP contribution >= 0.6 is 0 Å². The molecule has 0 amide bonds. The molecule has 0 radical (unpaired) electrons. The second kappa shape index (κ2) is 12.0. The summed E-state index contributed by atoms with van der Waals surface area (Å²) in [5.41, 5.74) is 1.11. The Bertz CT molecular complexity index is 109. The van der Waals surface area contributed by atoms with Crippen molar-refractivity contribution in [2.45, 2.75) is 33.1 Å². The van der Waals surface area contributed by atoms with E-state index < -0.39 is 0 Å². The molecule has 0 rings (SSSR count). The molecule has 11 heavy (non-hydrogen) atoms. The minimum absolute atomic E-state index is 1.02. The first-order valence-corrected chi connectivity index (χ1v) is 4.13. The van der Waals surface area contributed by atoms with Gasteiger partial charge in [0.2, 0.25) is 0 Å². The highest BCUT2D eigenvalue weighted by atomic mass is 13.8. The Labute approximate surface area is 71.3 Å². The van der Waals surface area contributed by atoms with Crippen LogP contribution in [0.4, 0.5) is 0 Å². The van der Waals surface area contributed by atoms with Gasteiger partial charge in [-0.25, -0.2) is 0 Å². The van der Waals surface area contributed by atoms with Gasteiger partial charge in [-0.3, -0.25) is 0 Å². The Hall–Kier alpha value is -0.780. The van der Waals surface area contributed by atoms with Gasteiger partial charge >= 0.3 is 0 Å². The van der Waals surface area contributed by atoms with Crippen LogP contribution in [0.1, 0.15) is 33.1 Å². The van der Waals surface area contributed by atoms with Gasteiger partial charge in [0, 0.05) is 0 Å². The number of rotatable bonds is 4. The van der Waals surface area contributed by atoms with E-state index in [1.165, 1.54) is 6.42 Å². The lowest BCUT2D eigenvalue weighted by atomic mass is 10.2. The van der Waals surface area contributed by atoms with Gasteiger partial charge in [0.15, 0.2) is 0 Å². The van der Waals surface area contributed by atoms with Crippen LogP contribution in [-0.2, 0) is 0 Å². The predicted molar refractivity (Wildman–Crippen MR) is 54.7 cm³/mol. The minimum atomic E-state index is 1.02. The first-order chi connectivity index (χ1) is 5.22. The molecule has 0 saturated carbocycles. The van der Waals surface area contributed by atoms with E-state index in [2.05, 4.69) is 33.6 Å². The van der Waals surface area contributed by atoms with Gasteiger partial charge < -0.3 is 0 Å². The van der Waals surface area contributed by atoms with Crippen molar-refractivity contribution in [3.63, 3.8) is 0 Å². The molecule has 0 spiro atoms. The molecule has 0 saturated heterocycles. The normalized spacial score (nSPS) is 7.45. The molecule has 0 aromatic rings. The van der Waals surface area contributed by atoms with Gasteiger partial charge in [0.05, 0.1) is 0 Å². The third-order valence-corrected chi connectivity index (χ3v) is 1.24. The average Bonchev–Trinajstić information content (AvgIpc) is 2.06. The van der Waals surface area contributed by atoms with Gasteiger partial charge in [-0.15, -0.1) is 6.58 Å². The van der Waals surface area contributed by atoms with Gasteiger partial charge in [-0.05, 0) is 12.8 Å². The molecule has 0 atom stereocenters. The number of hydrogen-bond donors (Lipinski definition) is 0. The summed E-state index contributed by atoms with van der Waals surface area (Å²) >= 11 is 0. The van der Waals surface area contributed by atoms with Crippen LogP contribution in [0.15, 0.2) is 37.5 Å². The van der Waals surface area contributed by atoms with Crippen LogP contribution in [-0.4, -0.2) is 0 Å². The molecule has 0 aliphatic carbocycles. The highest BCUT2D eigenvalue weighted by Gasteiger charge is 1.72. The predicted octanol–water partition coefficient (Wildman–Crippen LogP) is 4.11. The van der Waals surface area contributed by atoms with Crippen LogP contribution in [0.2, 0.25) is 0 Å². The van der Waals surface area contributed by atoms with E-state index in [4.69, 9.17) is 0 Å². The summed E-state index contributed by atoms with van der Waals surface area (Å²) < 4.78 is 0. The number of unbranched alkanes of at least 4 members (excludes halogenated alkanes) is 1. The first kappa shape index (κ1) is 12.9. The number of hydrogen-bond acceptors (Lipinski definition) is 0. The minimum Gasteiger partial charge on any atom is -0.103 e. The molecule has 0 aromatic carbocycles. The van der Waals surface area contributed by atoms with E-state index in [1.807, 2.05) is 6.08 Å². The lowest BCUT2D eigenvalue weighted by Gasteiger charge is -1.83. The Morgan fingerprint density at radius 2 is 1.82 bits per heavy atom. The molecule has 0 nitrogen and oxygen atoms in total. The molecular weight excluding hydrogens is 132 g/mol. The summed E-state index contributed by atoms with van der Waals surface area (Å²) in [6.45, 7) is 15.0. The van der Waals surface area contributed by atoms with Crippen molar-refractivity contribution in [2.24, 2.45) is 0 Å². The molecule has 0 bridgehead atoms. The molecule has 0 N–H and O–H groups in total. The van der Waals surface area contributed by atoms with Gasteiger partial charge in [-0.2, -0.15) is 0 Å².